The van der Waals surface area contributed by atoms with Crippen molar-refractivity contribution in [3.63, 3.8) is 0 Å². The molecule has 0 unspecified atom stereocenters. The van der Waals surface area contributed by atoms with E-state index in [4.69, 9.17) is 4.74 Å². The third-order valence-electron chi connectivity index (χ3n) is 4.06. The van der Waals surface area contributed by atoms with E-state index in [-0.39, 0.29) is 12.0 Å². The van der Waals surface area contributed by atoms with Gasteiger partial charge in [-0.3, -0.25) is 4.79 Å². The molecule has 3 rings (SSSR count). The molecule has 1 amide bonds. The van der Waals surface area contributed by atoms with Crippen LogP contribution in [0.25, 0.3) is 0 Å². The van der Waals surface area contributed by atoms with Crippen LogP contribution in [0.3, 0.4) is 0 Å². The van der Waals surface area contributed by atoms with Gasteiger partial charge in [0.1, 0.15) is 0 Å². The maximum Gasteiger partial charge on any atom is 0.226 e. The van der Waals surface area contributed by atoms with Crippen LogP contribution in [0.1, 0.15) is 55.5 Å². The van der Waals surface area contributed by atoms with Crippen molar-refractivity contribution < 1.29 is 9.53 Å². The molecule has 2 aliphatic rings. The van der Waals surface area contributed by atoms with Crippen molar-refractivity contribution in [2.24, 2.45) is 0 Å². The number of amides is 1. The molecule has 0 bridgehead atoms. The van der Waals surface area contributed by atoms with Gasteiger partial charge in [0.05, 0.1) is 11.8 Å². The summed E-state index contributed by atoms with van der Waals surface area (Å²) >= 11 is 1.66. The maximum atomic E-state index is 11.9. The number of aromatic nitrogens is 1. The lowest BCUT2D eigenvalue weighted by Crippen LogP contribution is -2.15. The van der Waals surface area contributed by atoms with Crippen LogP contribution in [0.2, 0.25) is 0 Å². The maximum absolute atomic E-state index is 11.9. The standard InChI is InChI=1S/C15H22N2O2S/c18-14(9-8-11-5-4-10-19-11)17-15-16-12-6-2-1-3-7-13(12)20-15/h11H,1-10H2,(H,16,17,18)/t11-/m0/s1. The Morgan fingerprint density at radius 2 is 2.20 bits per heavy atom. The summed E-state index contributed by atoms with van der Waals surface area (Å²) < 4.78 is 5.54. The summed E-state index contributed by atoms with van der Waals surface area (Å²) in [6, 6.07) is 0. The van der Waals surface area contributed by atoms with Gasteiger partial charge < -0.3 is 10.1 Å². The van der Waals surface area contributed by atoms with Crippen molar-refractivity contribution in [3.05, 3.63) is 10.6 Å². The van der Waals surface area contributed by atoms with Gasteiger partial charge in [-0.2, -0.15) is 0 Å². The first kappa shape index (κ1) is 14.0. The van der Waals surface area contributed by atoms with Crippen molar-refractivity contribution in [1.82, 2.24) is 4.98 Å². The van der Waals surface area contributed by atoms with Gasteiger partial charge in [-0.15, -0.1) is 11.3 Å². The summed E-state index contributed by atoms with van der Waals surface area (Å²) in [5, 5.41) is 3.74. The first-order chi connectivity index (χ1) is 9.81. The molecule has 20 heavy (non-hydrogen) atoms. The number of hydrogen-bond acceptors (Lipinski definition) is 4. The van der Waals surface area contributed by atoms with E-state index in [1.165, 1.54) is 29.8 Å². The van der Waals surface area contributed by atoms with Gasteiger partial charge in [-0.05, 0) is 44.9 Å². The molecule has 5 heteroatoms. The largest absolute Gasteiger partial charge is 0.378 e. The number of rotatable bonds is 4. The zero-order chi connectivity index (χ0) is 13.8. The number of fused-ring (bicyclic) bond motifs is 1. The minimum Gasteiger partial charge on any atom is -0.378 e. The third kappa shape index (κ3) is 3.58. The number of hydrogen-bond donors (Lipinski definition) is 1. The molecular weight excluding hydrogens is 272 g/mol. The van der Waals surface area contributed by atoms with Crippen molar-refractivity contribution in [1.29, 1.82) is 0 Å². The SMILES string of the molecule is O=C(CC[C@@H]1CCCO1)Nc1nc2c(s1)CCCCC2. The van der Waals surface area contributed by atoms with Gasteiger partial charge in [0, 0.05) is 17.9 Å². The molecule has 0 spiro atoms. The lowest BCUT2D eigenvalue weighted by Gasteiger charge is -2.08. The summed E-state index contributed by atoms with van der Waals surface area (Å²) in [7, 11) is 0. The molecule has 1 aliphatic carbocycles. The first-order valence-electron chi connectivity index (χ1n) is 7.71. The van der Waals surface area contributed by atoms with E-state index in [2.05, 4.69) is 10.3 Å². The fraction of sp³-hybridized carbons (Fsp3) is 0.733. The van der Waals surface area contributed by atoms with Gasteiger partial charge in [-0.25, -0.2) is 4.98 Å². The van der Waals surface area contributed by atoms with E-state index in [9.17, 15) is 4.79 Å². The normalized spacial score (nSPS) is 22.3. The number of anilines is 1. The third-order valence-corrected chi connectivity index (χ3v) is 5.13. The zero-order valence-corrected chi connectivity index (χ0v) is 12.6. The van der Waals surface area contributed by atoms with Crippen molar-refractivity contribution >= 4 is 22.4 Å². The van der Waals surface area contributed by atoms with Crippen molar-refractivity contribution in [3.8, 4) is 0 Å². The Morgan fingerprint density at radius 1 is 1.30 bits per heavy atom. The highest BCUT2D eigenvalue weighted by Crippen LogP contribution is 2.29. The van der Waals surface area contributed by atoms with Gasteiger partial charge in [0.25, 0.3) is 0 Å². The molecule has 1 fully saturated rings. The number of carbonyl (C=O) groups excluding carboxylic acids is 1. The summed E-state index contributed by atoms with van der Waals surface area (Å²) in [6.07, 6.45) is 9.84. The molecule has 110 valence electrons. The lowest BCUT2D eigenvalue weighted by atomic mass is 10.1. The molecule has 1 atom stereocenters. The van der Waals surface area contributed by atoms with Gasteiger partial charge >= 0.3 is 0 Å². The van der Waals surface area contributed by atoms with Crippen molar-refractivity contribution in [2.75, 3.05) is 11.9 Å². The highest BCUT2D eigenvalue weighted by Gasteiger charge is 2.18. The molecule has 1 aromatic heterocycles. The minimum atomic E-state index is 0.0735. The Labute approximate surface area is 123 Å². The van der Waals surface area contributed by atoms with Gasteiger partial charge in [-0.1, -0.05) is 6.42 Å². The molecule has 1 N–H and O–H groups in total. The highest BCUT2D eigenvalue weighted by molar-refractivity contribution is 7.15. The molecule has 1 aromatic rings. The molecule has 4 nitrogen and oxygen atoms in total. The number of carbonyl (C=O) groups is 1. The van der Waals surface area contributed by atoms with E-state index in [0.29, 0.717) is 6.42 Å². The smallest absolute Gasteiger partial charge is 0.226 e. The fourth-order valence-electron chi connectivity index (χ4n) is 2.93. The van der Waals surface area contributed by atoms with Crippen LogP contribution >= 0.6 is 11.3 Å². The van der Waals surface area contributed by atoms with Crippen LogP contribution < -0.4 is 5.32 Å². The van der Waals surface area contributed by atoms with Crippen LogP contribution in [0.4, 0.5) is 5.13 Å². The number of nitrogens with zero attached hydrogens (tertiary/aromatic N) is 1. The van der Waals surface area contributed by atoms with Crippen LogP contribution in [0.15, 0.2) is 0 Å². The van der Waals surface area contributed by atoms with Crippen LogP contribution in [-0.2, 0) is 22.4 Å². The number of aryl methyl sites for hydroxylation is 2. The number of thiazole rings is 1. The summed E-state index contributed by atoms with van der Waals surface area (Å²) in [5.74, 6) is 0.0735. The summed E-state index contributed by atoms with van der Waals surface area (Å²) in [5.41, 5.74) is 1.21. The number of nitrogens with one attached hydrogen (secondary N) is 1. The highest BCUT2D eigenvalue weighted by atomic mass is 32.1. The Kier molecular flexibility index (Phi) is 4.68. The molecule has 1 saturated heterocycles. The predicted octanol–water partition coefficient (Wildman–Crippen LogP) is 3.31. The predicted molar refractivity (Wildman–Crippen MR) is 80.2 cm³/mol. The monoisotopic (exact) mass is 294 g/mol. The fourth-order valence-corrected chi connectivity index (χ4v) is 3.99. The second-order valence-corrected chi connectivity index (χ2v) is 6.76. The topological polar surface area (TPSA) is 51.2 Å². The molecule has 0 radical (unpaired) electrons. The minimum absolute atomic E-state index is 0.0735. The molecule has 2 heterocycles. The Hall–Kier alpha value is -0.940. The van der Waals surface area contributed by atoms with Crippen LogP contribution in [0, 0.1) is 0 Å². The van der Waals surface area contributed by atoms with E-state index in [1.807, 2.05) is 0 Å². The zero-order valence-electron chi connectivity index (χ0n) is 11.8. The van der Waals surface area contributed by atoms with E-state index >= 15 is 0 Å². The van der Waals surface area contributed by atoms with Crippen molar-refractivity contribution in [2.45, 2.75) is 63.9 Å². The van der Waals surface area contributed by atoms with Gasteiger partial charge in [0.15, 0.2) is 5.13 Å². The van der Waals surface area contributed by atoms with Gasteiger partial charge in [0.2, 0.25) is 5.91 Å². The number of ether oxygens (including phenoxy) is 1. The Morgan fingerprint density at radius 3 is 3.05 bits per heavy atom. The Bertz CT molecular complexity index is 443. The second kappa shape index (κ2) is 6.68. The molecule has 0 aromatic carbocycles. The summed E-state index contributed by atoms with van der Waals surface area (Å²) in [6.45, 7) is 0.853. The van der Waals surface area contributed by atoms with Crippen LogP contribution in [0.5, 0.6) is 0 Å². The molecular formula is C15H22N2O2S. The van der Waals surface area contributed by atoms with E-state index in [0.717, 1.165) is 43.8 Å². The van der Waals surface area contributed by atoms with E-state index in [1.54, 1.807) is 11.3 Å². The molecule has 0 saturated carbocycles. The second-order valence-electron chi connectivity index (χ2n) is 5.67. The summed E-state index contributed by atoms with van der Waals surface area (Å²) in [4.78, 5) is 17.9. The average Bonchev–Trinajstić information content (AvgIpc) is 3.03. The molecule has 1 aliphatic heterocycles. The quantitative estimate of drug-likeness (QED) is 0.867. The first-order valence-corrected chi connectivity index (χ1v) is 8.53. The average molecular weight is 294 g/mol. The Balaban J connectivity index is 1.50. The lowest BCUT2D eigenvalue weighted by molar-refractivity contribution is -0.116. The van der Waals surface area contributed by atoms with E-state index < -0.39 is 0 Å². The van der Waals surface area contributed by atoms with Crippen LogP contribution in [-0.4, -0.2) is 23.6 Å².